The van der Waals surface area contributed by atoms with Gasteiger partial charge in [-0.1, -0.05) is 13.0 Å². The summed E-state index contributed by atoms with van der Waals surface area (Å²) in [6.07, 6.45) is 4.19. The summed E-state index contributed by atoms with van der Waals surface area (Å²) in [5, 5.41) is 7.54. The minimum absolute atomic E-state index is 0.0140. The molecular formula is C26H28N6O2. The van der Waals surface area contributed by atoms with E-state index in [0.29, 0.717) is 11.5 Å². The summed E-state index contributed by atoms with van der Waals surface area (Å²) < 4.78 is 7.89. The standard InChI is InChI=1S/C26H28N6O2/c1-5-17-10-18(6-7-22(17)26(33)29-19-14-31(3)15-19)23-11-20(8-9-27-23)34-21-12-24-25(28-13-21)16(2)30-32(24)4/h6-13,19H,5,14-15H2,1-4H3,(H,29,33). The van der Waals surface area contributed by atoms with Crippen LogP contribution in [0.3, 0.4) is 0 Å². The number of hydrogen-bond acceptors (Lipinski definition) is 6. The van der Waals surface area contributed by atoms with E-state index in [1.807, 2.05) is 57.4 Å². The average molecular weight is 457 g/mol. The molecule has 0 aliphatic carbocycles. The molecule has 1 aromatic carbocycles. The van der Waals surface area contributed by atoms with Crippen molar-refractivity contribution in [2.75, 3.05) is 20.1 Å². The van der Waals surface area contributed by atoms with E-state index in [4.69, 9.17) is 4.74 Å². The van der Waals surface area contributed by atoms with Crippen molar-refractivity contribution in [1.82, 2.24) is 30.0 Å². The molecule has 34 heavy (non-hydrogen) atoms. The summed E-state index contributed by atoms with van der Waals surface area (Å²) in [4.78, 5) is 24.0. The van der Waals surface area contributed by atoms with Crippen LogP contribution in [0.5, 0.6) is 11.5 Å². The van der Waals surface area contributed by atoms with Gasteiger partial charge in [-0.3, -0.25) is 14.5 Å². The Hall–Kier alpha value is -3.78. The van der Waals surface area contributed by atoms with Crippen LogP contribution < -0.4 is 10.1 Å². The molecule has 4 heterocycles. The third-order valence-electron chi connectivity index (χ3n) is 6.23. The van der Waals surface area contributed by atoms with Gasteiger partial charge in [0, 0.05) is 49.6 Å². The molecule has 8 heteroatoms. The van der Waals surface area contributed by atoms with Gasteiger partial charge in [-0.25, -0.2) is 4.98 Å². The highest BCUT2D eigenvalue weighted by Crippen LogP contribution is 2.29. The second kappa shape index (κ2) is 8.87. The van der Waals surface area contributed by atoms with Gasteiger partial charge in [0.15, 0.2) is 0 Å². The molecule has 0 unspecified atom stereocenters. The van der Waals surface area contributed by atoms with Gasteiger partial charge >= 0.3 is 0 Å². The fourth-order valence-electron chi connectivity index (χ4n) is 4.43. The molecule has 4 aromatic rings. The number of fused-ring (bicyclic) bond motifs is 1. The van der Waals surface area contributed by atoms with Gasteiger partial charge < -0.3 is 15.0 Å². The number of amides is 1. The molecule has 3 aromatic heterocycles. The molecule has 0 saturated carbocycles. The monoisotopic (exact) mass is 456 g/mol. The number of ether oxygens (including phenoxy) is 1. The van der Waals surface area contributed by atoms with Crippen molar-refractivity contribution < 1.29 is 9.53 Å². The molecule has 0 spiro atoms. The second-order valence-electron chi connectivity index (χ2n) is 8.84. The van der Waals surface area contributed by atoms with E-state index < -0.39 is 0 Å². The molecule has 5 rings (SSSR count). The Morgan fingerprint density at radius 3 is 2.71 bits per heavy atom. The number of nitrogens with one attached hydrogen (secondary N) is 1. The first-order chi connectivity index (χ1) is 16.4. The van der Waals surface area contributed by atoms with Crippen LogP contribution in [0, 0.1) is 6.92 Å². The SMILES string of the molecule is CCc1cc(-c2cc(Oc3cnc4c(C)nn(C)c4c3)ccn2)ccc1C(=O)NC1CN(C)C1. The Balaban J connectivity index is 1.37. The highest BCUT2D eigenvalue weighted by atomic mass is 16.5. The zero-order valence-electron chi connectivity index (χ0n) is 19.9. The Morgan fingerprint density at radius 1 is 1.12 bits per heavy atom. The van der Waals surface area contributed by atoms with E-state index in [1.54, 1.807) is 17.1 Å². The molecule has 0 atom stereocenters. The van der Waals surface area contributed by atoms with Crippen LogP contribution >= 0.6 is 0 Å². The van der Waals surface area contributed by atoms with Crippen molar-refractivity contribution in [2.24, 2.45) is 7.05 Å². The third kappa shape index (κ3) is 4.24. The second-order valence-corrected chi connectivity index (χ2v) is 8.84. The Bertz CT molecular complexity index is 1370. The van der Waals surface area contributed by atoms with Crippen LogP contribution in [-0.4, -0.2) is 56.7 Å². The maximum absolute atomic E-state index is 12.8. The van der Waals surface area contributed by atoms with E-state index in [1.165, 1.54) is 0 Å². The number of likely N-dealkylation sites (N-methyl/N-ethyl adjacent to an activating group) is 1. The van der Waals surface area contributed by atoms with Crippen LogP contribution in [0.2, 0.25) is 0 Å². The summed E-state index contributed by atoms with van der Waals surface area (Å²) in [5.41, 5.74) is 6.11. The summed E-state index contributed by atoms with van der Waals surface area (Å²) in [5.74, 6) is 1.29. The molecular weight excluding hydrogens is 428 g/mol. The Labute approximate surface area is 198 Å². The zero-order chi connectivity index (χ0) is 23.8. The van der Waals surface area contributed by atoms with Crippen molar-refractivity contribution in [3.63, 3.8) is 0 Å². The molecule has 0 bridgehead atoms. The predicted octanol–water partition coefficient (Wildman–Crippen LogP) is 3.74. The third-order valence-corrected chi connectivity index (χ3v) is 6.23. The number of benzene rings is 1. The molecule has 8 nitrogen and oxygen atoms in total. The smallest absolute Gasteiger partial charge is 0.251 e. The van der Waals surface area contributed by atoms with Crippen LogP contribution in [-0.2, 0) is 13.5 Å². The highest BCUT2D eigenvalue weighted by molar-refractivity contribution is 5.96. The van der Waals surface area contributed by atoms with Crippen molar-refractivity contribution in [3.05, 3.63) is 65.6 Å². The molecule has 1 aliphatic heterocycles. The largest absolute Gasteiger partial charge is 0.456 e. The van der Waals surface area contributed by atoms with Gasteiger partial charge in [0.2, 0.25) is 0 Å². The number of aryl methyl sites for hydroxylation is 3. The van der Waals surface area contributed by atoms with E-state index >= 15 is 0 Å². The maximum Gasteiger partial charge on any atom is 0.251 e. The van der Waals surface area contributed by atoms with Crippen molar-refractivity contribution in [1.29, 1.82) is 0 Å². The lowest BCUT2D eigenvalue weighted by molar-refractivity contribution is 0.0857. The summed E-state index contributed by atoms with van der Waals surface area (Å²) in [6, 6.07) is 11.8. The van der Waals surface area contributed by atoms with Gasteiger partial charge in [-0.2, -0.15) is 5.10 Å². The van der Waals surface area contributed by atoms with E-state index in [-0.39, 0.29) is 11.9 Å². The van der Waals surface area contributed by atoms with Gasteiger partial charge in [-0.05, 0) is 44.2 Å². The summed E-state index contributed by atoms with van der Waals surface area (Å²) in [6.45, 7) is 5.79. The number of nitrogens with zero attached hydrogens (tertiary/aromatic N) is 5. The fraction of sp³-hybridized carbons (Fsp3) is 0.308. The first-order valence-electron chi connectivity index (χ1n) is 11.5. The van der Waals surface area contributed by atoms with E-state index in [0.717, 1.165) is 58.6 Å². The highest BCUT2D eigenvalue weighted by Gasteiger charge is 2.25. The molecule has 1 saturated heterocycles. The van der Waals surface area contributed by atoms with Gasteiger partial charge in [0.25, 0.3) is 5.91 Å². The number of aromatic nitrogens is 4. The van der Waals surface area contributed by atoms with Crippen LogP contribution in [0.4, 0.5) is 0 Å². The molecule has 174 valence electrons. The van der Waals surface area contributed by atoms with Crippen molar-refractivity contribution in [2.45, 2.75) is 26.3 Å². The lowest BCUT2D eigenvalue weighted by Gasteiger charge is -2.36. The average Bonchev–Trinajstić information content (AvgIpc) is 3.10. The lowest BCUT2D eigenvalue weighted by Crippen LogP contribution is -2.57. The quantitative estimate of drug-likeness (QED) is 0.476. The van der Waals surface area contributed by atoms with E-state index in [9.17, 15) is 4.79 Å². The molecule has 1 fully saturated rings. The zero-order valence-corrected chi connectivity index (χ0v) is 19.9. The Morgan fingerprint density at radius 2 is 1.94 bits per heavy atom. The van der Waals surface area contributed by atoms with Crippen LogP contribution in [0.25, 0.3) is 22.3 Å². The minimum atomic E-state index is -0.0140. The number of hydrogen-bond donors (Lipinski definition) is 1. The number of pyridine rings is 2. The van der Waals surface area contributed by atoms with Gasteiger partial charge in [-0.15, -0.1) is 0 Å². The number of likely N-dealkylation sites (tertiary alicyclic amines) is 1. The normalized spacial score (nSPS) is 14.2. The summed E-state index contributed by atoms with van der Waals surface area (Å²) >= 11 is 0. The lowest BCUT2D eigenvalue weighted by atomic mass is 9.98. The number of carbonyl (C=O) groups excluding carboxylic acids is 1. The van der Waals surface area contributed by atoms with Crippen LogP contribution in [0.15, 0.2) is 48.8 Å². The first-order valence-corrected chi connectivity index (χ1v) is 11.5. The Kier molecular flexibility index (Phi) is 5.75. The van der Waals surface area contributed by atoms with Crippen molar-refractivity contribution >= 4 is 16.9 Å². The summed E-state index contributed by atoms with van der Waals surface area (Å²) in [7, 11) is 3.94. The van der Waals surface area contributed by atoms with Crippen molar-refractivity contribution in [3.8, 4) is 22.8 Å². The molecule has 0 radical (unpaired) electrons. The van der Waals surface area contributed by atoms with E-state index in [2.05, 4.69) is 32.2 Å². The molecule has 1 aliphatic rings. The maximum atomic E-state index is 12.8. The molecule has 1 amide bonds. The molecule has 1 N–H and O–H groups in total. The first kappa shape index (κ1) is 22.0. The predicted molar refractivity (Wildman–Crippen MR) is 131 cm³/mol. The number of carbonyl (C=O) groups is 1. The topological polar surface area (TPSA) is 85.2 Å². The fourth-order valence-corrected chi connectivity index (χ4v) is 4.43. The minimum Gasteiger partial charge on any atom is -0.456 e. The van der Waals surface area contributed by atoms with Gasteiger partial charge in [0.1, 0.15) is 17.0 Å². The number of rotatable bonds is 6. The van der Waals surface area contributed by atoms with Crippen LogP contribution in [0.1, 0.15) is 28.5 Å². The van der Waals surface area contributed by atoms with Gasteiger partial charge in [0.05, 0.1) is 29.1 Å².